The fourth-order valence-electron chi connectivity index (χ4n) is 2.29. The van der Waals surface area contributed by atoms with Gasteiger partial charge < -0.3 is 5.32 Å². The Morgan fingerprint density at radius 1 is 1.20 bits per heavy atom. The zero-order valence-electron chi connectivity index (χ0n) is 12.0. The summed E-state index contributed by atoms with van der Waals surface area (Å²) in [5.74, 6) is -0.205. The van der Waals surface area contributed by atoms with Crippen molar-refractivity contribution >= 4 is 22.7 Å². The normalized spacial score (nSPS) is 10.7. The molecule has 4 nitrogen and oxygen atoms in total. The molecule has 106 valence electrons. The van der Waals surface area contributed by atoms with Crippen molar-refractivity contribution in [3.05, 3.63) is 36.0 Å². The Bertz CT molecular complexity index is 628. The van der Waals surface area contributed by atoms with Crippen molar-refractivity contribution in [3.63, 3.8) is 0 Å². The van der Waals surface area contributed by atoms with Gasteiger partial charge in [0.25, 0.3) is 5.91 Å². The predicted molar refractivity (Wildman–Crippen MR) is 80.1 cm³/mol. The molecule has 0 spiro atoms. The van der Waals surface area contributed by atoms with E-state index in [2.05, 4.69) is 12.2 Å². The fraction of sp³-hybridized carbons (Fsp3) is 0.375. The number of para-hydroxylation sites is 1. The van der Waals surface area contributed by atoms with Crippen LogP contribution in [0.3, 0.4) is 0 Å². The van der Waals surface area contributed by atoms with E-state index < -0.39 is 0 Å². The number of unbranched alkanes of at least 4 members (excludes halogenated alkanes) is 2. The minimum Gasteiger partial charge on any atom is -0.352 e. The van der Waals surface area contributed by atoms with Gasteiger partial charge in [-0.3, -0.25) is 14.2 Å². The lowest BCUT2D eigenvalue weighted by Crippen LogP contribution is -2.24. The number of carbonyl (C=O) groups is 2. The van der Waals surface area contributed by atoms with Crippen molar-refractivity contribution in [1.82, 2.24) is 9.88 Å². The summed E-state index contributed by atoms with van der Waals surface area (Å²) in [6, 6.07) is 7.46. The van der Waals surface area contributed by atoms with Gasteiger partial charge in [-0.2, -0.15) is 0 Å². The molecule has 0 aliphatic heterocycles. The second-order valence-electron chi connectivity index (χ2n) is 4.91. The van der Waals surface area contributed by atoms with E-state index in [1.54, 1.807) is 6.20 Å². The molecule has 0 radical (unpaired) electrons. The third-order valence-electron chi connectivity index (χ3n) is 3.36. The Hall–Kier alpha value is -2.10. The topological polar surface area (TPSA) is 51.1 Å². The Labute approximate surface area is 118 Å². The van der Waals surface area contributed by atoms with Crippen LogP contribution in [0.4, 0.5) is 0 Å². The Morgan fingerprint density at radius 3 is 2.65 bits per heavy atom. The maximum atomic E-state index is 12.2. The number of hydrogen-bond donors (Lipinski definition) is 1. The van der Waals surface area contributed by atoms with E-state index in [-0.39, 0.29) is 11.8 Å². The van der Waals surface area contributed by atoms with E-state index in [1.165, 1.54) is 11.5 Å². The van der Waals surface area contributed by atoms with Gasteiger partial charge in [0.15, 0.2) is 0 Å². The first-order valence-corrected chi connectivity index (χ1v) is 7.04. The monoisotopic (exact) mass is 272 g/mol. The molecule has 0 fully saturated rings. The van der Waals surface area contributed by atoms with Crippen molar-refractivity contribution in [3.8, 4) is 0 Å². The van der Waals surface area contributed by atoms with Crippen LogP contribution in [0.2, 0.25) is 0 Å². The van der Waals surface area contributed by atoms with E-state index in [4.69, 9.17) is 0 Å². The summed E-state index contributed by atoms with van der Waals surface area (Å²) >= 11 is 0. The van der Waals surface area contributed by atoms with Crippen LogP contribution in [0.1, 0.15) is 48.3 Å². The Balaban J connectivity index is 2.25. The van der Waals surface area contributed by atoms with E-state index in [9.17, 15) is 9.59 Å². The lowest BCUT2D eigenvalue weighted by Gasteiger charge is -2.03. The van der Waals surface area contributed by atoms with Crippen molar-refractivity contribution < 1.29 is 9.59 Å². The number of nitrogens with zero attached hydrogens (tertiary/aromatic N) is 1. The number of carbonyl (C=O) groups excluding carboxylic acids is 2. The quantitative estimate of drug-likeness (QED) is 0.850. The molecule has 0 atom stereocenters. The molecule has 0 aliphatic carbocycles. The molecule has 0 aliphatic rings. The van der Waals surface area contributed by atoms with Crippen LogP contribution in [-0.4, -0.2) is 22.9 Å². The van der Waals surface area contributed by atoms with Crippen LogP contribution in [0.25, 0.3) is 10.9 Å². The molecule has 2 rings (SSSR count). The maximum Gasteiger partial charge on any atom is 0.253 e. The number of rotatable bonds is 5. The minimum atomic E-state index is -0.114. The van der Waals surface area contributed by atoms with Gasteiger partial charge in [-0.05, 0) is 12.5 Å². The Kier molecular flexibility index (Phi) is 4.56. The van der Waals surface area contributed by atoms with E-state index in [1.807, 2.05) is 24.3 Å². The van der Waals surface area contributed by atoms with E-state index in [0.717, 1.165) is 30.2 Å². The van der Waals surface area contributed by atoms with Gasteiger partial charge in [0.2, 0.25) is 5.91 Å². The van der Waals surface area contributed by atoms with Crippen LogP contribution in [0, 0.1) is 0 Å². The minimum absolute atomic E-state index is 0.0915. The third-order valence-corrected chi connectivity index (χ3v) is 3.36. The first kappa shape index (κ1) is 14.3. The summed E-state index contributed by atoms with van der Waals surface area (Å²) in [5.41, 5.74) is 1.34. The van der Waals surface area contributed by atoms with Crippen molar-refractivity contribution in [2.45, 2.75) is 33.1 Å². The van der Waals surface area contributed by atoms with Gasteiger partial charge in [0.1, 0.15) is 0 Å². The zero-order chi connectivity index (χ0) is 14.5. The van der Waals surface area contributed by atoms with Crippen LogP contribution in [0.15, 0.2) is 30.5 Å². The van der Waals surface area contributed by atoms with Crippen LogP contribution in [0.5, 0.6) is 0 Å². The van der Waals surface area contributed by atoms with Crippen molar-refractivity contribution in [2.24, 2.45) is 0 Å². The zero-order valence-corrected chi connectivity index (χ0v) is 12.0. The summed E-state index contributed by atoms with van der Waals surface area (Å²) < 4.78 is 1.52. The number of nitrogens with one attached hydrogen (secondary N) is 1. The largest absolute Gasteiger partial charge is 0.352 e. The first-order chi connectivity index (χ1) is 9.65. The highest BCUT2D eigenvalue weighted by atomic mass is 16.2. The van der Waals surface area contributed by atoms with Crippen LogP contribution >= 0.6 is 0 Å². The molecular weight excluding hydrogens is 252 g/mol. The summed E-state index contributed by atoms with van der Waals surface area (Å²) in [4.78, 5) is 23.8. The van der Waals surface area contributed by atoms with Crippen molar-refractivity contribution in [2.75, 3.05) is 6.54 Å². The molecule has 0 saturated carbocycles. The molecule has 1 heterocycles. The number of hydrogen-bond acceptors (Lipinski definition) is 2. The highest BCUT2D eigenvalue weighted by molar-refractivity contribution is 6.09. The molecule has 2 aromatic rings. The predicted octanol–water partition coefficient (Wildman–Crippen LogP) is 3.22. The SMILES string of the molecule is CCCCCNC(=O)c1cn(C(C)=O)c2ccccc12. The van der Waals surface area contributed by atoms with Gasteiger partial charge in [-0.1, -0.05) is 38.0 Å². The van der Waals surface area contributed by atoms with Gasteiger partial charge in [0, 0.05) is 25.1 Å². The lowest BCUT2D eigenvalue weighted by atomic mass is 10.1. The number of aromatic nitrogens is 1. The molecule has 1 aromatic carbocycles. The molecule has 1 amide bonds. The smallest absolute Gasteiger partial charge is 0.253 e. The van der Waals surface area contributed by atoms with Crippen molar-refractivity contribution in [1.29, 1.82) is 0 Å². The molecule has 4 heteroatoms. The molecule has 1 aromatic heterocycles. The molecule has 0 bridgehead atoms. The van der Waals surface area contributed by atoms with E-state index in [0.29, 0.717) is 12.1 Å². The third kappa shape index (κ3) is 2.90. The maximum absolute atomic E-state index is 12.2. The van der Waals surface area contributed by atoms with E-state index >= 15 is 0 Å². The second-order valence-corrected chi connectivity index (χ2v) is 4.91. The summed E-state index contributed by atoms with van der Waals surface area (Å²) in [5, 5.41) is 3.73. The number of fused-ring (bicyclic) bond motifs is 1. The molecule has 20 heavy (non-hydrogen) atoms. The first-order valence-electron chi connectivity index (χ1n) is 7.04. The summed E-state index contributed by atoms with van der Waals surface area (Å²) in [7, 11) is 0. The van der Waals surface area contributed by atoms with Gasteiger partial charge in [-0.15, -0.1) is 0 Å². The molecule has 0 saturated heterocycles. The Morgan fingerprint density at radius 2 is 1.95 bits per heavy atom. The van der Waals surface area contributed by atoms with Gasteiger partial charge in [-0.25, -0.2) is 0 Å². The van der Waals surface area contributed by atoms with Crippen LogP contribution in [-0.2, 0) is 0 Å². The molecular formula is C16H20N2O2. The summed E-state index contributed by atoms with van der Waals surface area (Å²) in [6.45, 7) is 4.30. The van der Waals surface area contributed by atoms with Crippen LogP contribution < -0.4 is 5.32 Å². The second kappa shape index (κ2) is 6.37. The number of benzene rings is 1. The summed E-state index contributed by atoms with van der Waals surface area (Å²) in [6.07, 6.45) is 4.84. The lowest BCUT2D eigenvalue weighted by molar-refractivity contribution is 0.0941. The standard InChI is InChI=1S/C16H20N2O2/c1-3-4-7-10-17-16(20)14-11-18(12(2)19)15-9-6-5-8-13(14)15/h5-6,8-9,11H,3-4,7,10H2,1-2H3,(H,17,20). The highest BCUT2D eigenvalue weighted by Gasteiger charge is 2.15. The fourth-order valence-corrected chi connectivity index (χ4v) is 2.29. The average Bonchev–Trinajstić information content (AvgIpc) is 2.83. The van der Waals surface area contributed by atoms with Gasteiger partial charge >= 0.3 is 0 Å². The molecule has 1 N–H and O–H groups in total. The average molecular weight is 272 g/mol. The molecule has 0 unspecified atom stereocenters. The number of amides is 1. The highest BCUT2D eigenvalue weighted by Crippen LogP contribution is 2.21. The van der Waals surface area contributed by atoms with Gasteiger partial charge in [0.05, 0.1) is 11.1 Å².